The van der Waals surface area contributed by atoms with Crippen LogP contribution in [0.4, 0.5) is 11.4 Å². The first kappa shape index (κ1) is 15.4. The average Bonchev–Trinajstić information content (AvgIpc) is 2.41. The number of aryl methyl sites for hydroxylation is 1. The number of aromatic nitrogens is 1. The number of halogens is 1. The molecule has 1 aromatic carbocycles. The summed E-state index contributed by atoms with van der Waals surface area (Å²) in [6.45, 7) is 1.54. The van der Waals surface area contributed by atoms with E-state index in [1.54, 1.807) is 13.0 Å². The molecular formula is C12H10BrN3O4S. The number of benzene rings is 1. The Balaban J connectivity index is 2.38. The van der Waals surface area contributed by atoms with Crippen molar-refractivity contribution in [2.45, 2.75) is 11.8 Å². The molecule has 0 saturated heterocycles. The Bertz CT molecular complexity index is 791. The van der Waals surface area contributed by atoms with E-state index in [1.807, 2.05) is 0 Å². The quantitative estimate of drug-likeness (QED) is 0.505. The first-order chi connectivity index (χ1) is 9.79. The molecule has 0 aliphatic carbocycles. The van der Waals surface area contributed by atoms with Gasteiger partial charge in [-0.25, -0.2) is 13.4 Å². The fraction of sp³-hybridized carbons (Fsp3) is 0.0833. The SMILES string of the molecule is Cc1ccc(S(=O)(=O)Nc2ccc(Br)nc2)cc1[N+](=O)[O-]. The first-order valence-electron chi connectivity index (χ1n) is 5.69. The number of nitro benzene ring substituents is 1. The summed E-state index contributed by atoms with van der Waals surface area (Å²) in [4.78, 5) is 14.0. The Morgan fingerprint density at radius 2 is 2.00 bits per heavy atom. The molecule has 2 rings (SSSR count). The standard InChI is InChI=1S/C12H10BrN3O4S/c1-8-2-4-10(6-11(8)16(17)18)21(19,20)15-9-3-5-12(13)14-7-9/h2-7,15H,1H3. The number of hydrogen-bond donors (Lipinski definition) is 1. The van der Waals surface area contributed by atoms with E-state index in [2.05, 4.69) is 25.6 Å². The van der Waals surface area contributed by atoms with Crippen molar-refractivity contribution in [2.24, 2.45) is 0 Å². The van der Waals surface area contributed by atoms with Gasteiger partial charge in [0.15, 0.2) is 0 Å². The summed E-state index contributed by atoms with van der Waals surface area (Å²) in [5.41, 5.74) is 0.414. The average molecular weight is 372 g/mol. The van der Waals surface area contributed by atoms with Gasteiger partial charge < -0.3 is 0 Å². The zero-order valence-corrected chi connectivity index (χ0v) is 13.2. The van der Waals surface area contributed by atoms with E-state index in [1.165, 1.54) is 24.4 Å². The van der Waals surface area contributed by atoms with Crippen LogP contribution >= 0.6 is 15.9 Å². The number of nitrogens with zero attached hydrogens (tertiary/aromatic N) is 2. The summed E-state index contributed by atoms with van der Waals surface area (Å²) < 4.78 is 27.3. The van der Waals surface area contributed by atoms with Gasteiger partial charge in [0.1, 0.15) is 4.60 Å². The van der Waals surface area contributed by atoms with Gasteiger partial charge in [-0.15, -0.1) is 0 Å². The largest absolute Gasteiger partial charge is 0.278 e. The molecule has 1 heterocycles. The molecule has 0 bridgehead atoms. The Labute approximate surface area is 129 Å². The second-order valence-electron chi connectivity index (χ2n) is 4.18. The van der Waals surface area contributed by atoms with Crippen molar-refractivity contribution in [1.29, 1.82) is 0 Å². The molecule has 21 heavy (non-hydrogen) atoms. The third-order valence-electron chi connectivity index (χ3n) is 2.67. The maximum absolute atomic E-state index is 12.2. The van der Waals surface area contributed by atoms with Crippen LogP contribution in [0.15, 0.2) is 46.0 Å². The van der Waals surface area contributed by atoms with Crippen LogP contribution in [0.5, 0.6) is 0 Å². The van der Waals surface area contributed by atoms with E-state index in [0.717, 1.165) is 6.07 Å². The van der Waals surface area contributed by atoms with Gasteiger partial charge in [0, 0.05) is 11.6 Å². The van der Waals surface area contributed by atoms with Gasteiger partial charge >= 0.3 is 0 Å². The highest BCUT2D eigenvalue weighted by atomic mass is 79.9. The molecule has 0 aliphatic heterocycles. The van der Waals surface area contributed by atoms with Crippen LogP contribution in [-0.2, 0) is 10.0 Å². The molecule has 7 nitrogen and oxygen atoms in total. The van der Waals surface area contributed by atoms with Crippen LogP contribution in [0.3, 0.4) is 0 Å². The predicted molar refractivity (Wildman–Crippen MR) is 80.6 cm³/mol. The highest BCUT2D eigenvalue weighted by Crippen LogP contribution is 2.24. The number of nitro groups is 1. The van der Waals surface area contributed by atoms with E-state index in [0.29, 0.717) is 10.2 Å². The lowest BCUT2D eigenvalue weighted by Crippen LogP contribution is -2.13. The summed E-state index contributed by atoms with van der Waals surface area (Å²) in [6, 6.07) is 6.85. The number of nitrogens with one attached hydrogen (secondary N) is 1. The van der Waals surface area contributed by atoms with E-state index >= 15 is 0 Å². The molecule has 9 heteroatoms. The van der Waals surface area contributed by atoms with Crippen molar-refractivity contribution >= 4 is 37.3 Å². The van der Waals surface area contributed by atoms with Crippen LogP contribution < -0.4 is 4.72 Å². The third kappa shape index (κ3) is 3.56. The highest BCUT2D eigenvalue weighted by molar-refractivity contribution is 9.10. The van der Waals surface area contributed by atoms with Crippen molar-refractivity contribution < 1.29 is 13.3 Å². The molecule has 110 valence electrons. The van der Waals surface area contributed by atoms with Gasteiger partial charge in [-0.1, -0.05) is 6.07 Å². The maximum Gasteiger partial charge on any atom is 0.273 e. The molecule has 2 aromatic rings. The van der Waals surface area contributed by atoms with E-state index in [9.17, 15) is 18.5 Å². The molecule has 0 unspecified atom stereocenters. The second kappa shape index (κ2) is 5.78. The van der Waals surface area contributed by atoms with Crippen molar-refractivity contribution in [2.75, 3.05) is 4.72 Å². The highest BCUT2D eigenvalue weighted by Gasteiger charge is 2.19. The first-order valence-corrected chi connectivity index (χ1v) is 7.96. The molecule has 1 aromatic heterocycles. The number of hydrogen-bond acceptors (Lipinski definition) is 5. The van der Waals surface area contributed by atoms with Crippen LogP contribution in [0.2, 0.25) is 0 Å². The van der Waals surface area contributed by atoms with E-state index in [4.69, 9.17) is 0 Å². The summed E-state index contributed by atoms with van der Waals surface area (Å²) in [5.74, 6) is 0. The molecule has 0 aliphatic rings. The number of sulfonamides is 1. The Kier molecular flexibility index (Phi) is 4.24. The zero-order valence-electron chi connectivity index (χ0n) is 10.8. The lowest BCUT2D eigenvalue weighted by Gasteiger charge is -2.08. The summed E-state index contributed by atoms with van der Waals surface area (Å²) >= 11 is 3.14. The van der Waals surface area contributed by atoms with Gasteiger partial charge in [0.2, 0.25) is 0 Å². The predicted octanol–water partition coefficient (Wildman–Crippen LogP) is 2.86. The molecule has 0 amide bonds. The molecule has 0 fully saturated rings. The normalized spacial score (nSPS) is 11.1. The fourth-order valence-corrected chi connectivity index (χ4v) is 2.90. The van der Waals surface area contributed by atoms with Gasteiger partial charge in [-0.2, -0.15) is 0 Å². The summed E-state index contributed by atoms with van der Waals surface area (Å²) in [7, 11) is -3.91. The zero-order chi connectivity index (χ0) is 15.6. The van der Waals surface area contributed by atoms with Gasteiger partial charge in [-0.3, -0.25) is 14.8 Å². The van der Waals surface area contributed by atoms with Crippen LogP contribution in [0.1, 0.15) is 5.56 Å². The van der Waals surface area contributed by atoms with Crippen molar-refractivity contribution in [3.63, 3.8) is 0 Å². The van der Waals surface area contributed by atoms with Gasteiger partial charge in [0.25, 0.3) is 15.7 Å². The molecule has 0 radical (unpaired) electrons. The molecule has 0 atom stereocenters. The van der Waals surface area contributed by atoms with Gasteiger partial charge in [-0.05, 0) is 41.1 Å². The van der Waals surface area contributed by atoms with E-state index < -0.39 is 14.9 Å². The minimum Gasteiger partial charge on any atom is -0.278 e. The Morgan fingerprint density at radius 3 is 2.57 bits per heavy atom. The number of pyridine rings is 1. The van der Waals surface area contributed by atoms with Crippen molar-refractivity contribution in [3.05, 3.63) is 56.8 Å². The summed E-state index contributed by atoms with van der Waals surface area (Å²) in [5, 5.41) is 10.9. The Hall–Kier alpha value is -2.00. The topological polar surface area (TPSA) is 102 Å². The van der Waals surface area contributed by atoms with Crippen molar-refractivity contribution in [1.82, 2.24) is 4.98 Å². The Morgan fingerprint density at radius 1 is 1.29 bits per heavy atom. The van der Waals surface area contributed by atoms with Crippen molar-refractivity contribution in [3.8, 4) is 0 Å². The second-order valence-corrected chi connectivity index (χ2v) is 6.68. The monoisotopic (exact) mass is 371 g/mol. The van der Waals surface area contributed by atoms with Crippen LogP contribution in [0, 0.1) is 17.0 Å². The fourth-order valence-electron chi connectivity index (χ4n) is 1.60. The molecule has 0 saturated carbocycles. The van der Waals surface area contributed by atoms with E-state index in [-0.39, 0.29) is 16.3 Å². The lowest BCUT2D eigenvalue weighted by molar-refractivity contribution is -0.385. The third-order valence-corrected chi connectivity index (χ3v) is 4.52. The lowest BCUT2D eigenvalue weighted by atomic mass is 10.2. The molecule has 1 N–H and O–H groups in total. The van der Waals surface area contributed by atoms with Crippen LogP contribution in [-0.4, -0.2) is 18.3 Å². The molecule has 0 spiro atoms. The number of rotatable bonds is 4. The minimum atomic E-state index is -3.91. The smallest absolute Gasteiger partial charge is 0.273 e. The van der Waals surface area contributed by atoms with Crippen LogP contribution in [0.25, 0.3) is 0 Å². The molecular weight excluding hydrogens is 362 g/mol. The summed E-state index contributed by atoms with van der Waals surface area (Å²) in [6.07, 6.45) is 1.34. The van der Waals surface area contributed by atoms with Gasteiger partial charge in [0.05, 0.1) is 21.7 Å². The number of anilines is 1. The maximum atomic E-state index is 12.2. The minimum absolute atomic E-state index is 0.178.